The Morgan fingerprint density at radius 1 is 1.21 bits per heavy atom. The van der Waals surface area contributed by atoms with Crippen LogP contribution in [0.1, 0.15) is 31.0 Å². The molecule has 0 fully saturated rings. The number of rotatable bonds is 8. The number of hydrogen-bond acceptors (Lipinski definition) is 5. The van der Waals surface area contributed by atoms with E-state index in [0.717, 1.165) is 18.7 Å². The molecule has 0 aliphatic carbocycles. The molecule has 5 nitrogen and oxygen atoms in total. The number of hydrogen-bond donors (Lipinski definition) is 1. The summed E-state index contributed by atoms with van der Waals surface area (Å²) in [6.07, 6.45) is 0. The smallest absolute Gasteiger partial charge is 0.240 e. The molecule has 2 rings (SSSR count). The first kappa shape index (κ1) is 18.6. The fourth-order valence-corrected chi connectivity index (χ4v) is 4.31. The van der Waals surface area contributed by atoms with E-state index in [4.69, 9.17) is 5.26 Å². The zero-order valence-electron chi connectivity index (χ0n) is 13.8. The van der Waals surface area contributed by atoms with Gasteiger partial charge in [-0.2, -0.15) is 16.6 Å². The van der Waals surface area contributed by atoms with Crippen LogP contribution < -0.4 is 4.72 Å². The van der Waals surface area contributed by atoms with E-state index in [1.54, 1.807) is 11.3 Å². The van der Waals surface area contributed by atoms with Gasteiger partial charge in [-0.15, -0.1) is 0 Å². The molecule has 0 aliphatic rings. The van der Waals surface area contributed by atoms with Gasteiger partial charge in [0.15, 0.2) is 0 Å². The normalized spacial score (nSPS) is 12.9. The van der Waals surface area contributed by atoms with Gasteiger partial charge in [0, 0.05) is 12.6 Å². The number of nitrogens with one attached hydrogen (secondary N) is 1. The van der Waals surface area contributed by atoms with E-state index < -0.39 is 10.0 Å². The van der Waals surface area contributed by atoms with E-state index in [1.165, 1.54) is 24.3 Å². The topological polar surface area (TPSA) is 73.2 Å². The molecule has 0 amide bonds. The van der Waals surface area contributed by atoms with Gasteiger partial charge in [0.1, 0.15) is 0 Å². The van der Waals surface area contributed by atoms with E-state index in [9.17, 15) is 8.42 Å². The number of sulfonamides is 1. The van der Waals surface area contributed by atoms with Crippen LogP contribution >= 0.6 is 11.3 Å². The van der Waals surface area contributed by atoms with Gasteiger partial charge < -0.3 is 0 Å². The minimum atomic E-state index is -3.60. The molecule has 24 heavy (non-hydrogen) atoms. The average molecular weight is 364 g/mol. The molecule has 7 heteroatoms. The molecule has 0 aliphatic heterocycles. The van der Waals surface area contributed by atoms with Crippen molar-refractivity contribution in [2.45, 2.75) is 24.8 Å². The van der Waals surface area contributed by atoms with Gasteiger partial charge in [-0.05, 0) is 59.7 Å². The molecule has 1 heterocycles. The number of likely N-dealkylation sites (N-methyl/N-ethyl adjacent to an activating group) is 1. The maximum atomic E-state index is 12.5. The Labute approximate surface area is 147 Å². The van der Waals surface area contributed by atoms with Crippen LogP contribution in [0.5, 0.6) is 0 Å². The van der Waals surface area contributed by atoms with Crippen molar-refractivity contribution >= 4 is 21.4 Å². The summed E-state index contributed by atoms with van der Waals surface area (Å²) >= 11 is 1.61. The summed E-state index contributed by atoms with van der Waals surface area (Å²) in [6, 6.07) is 9.95. The van der Waals surface area contributed by atoms with Crippen LogP contribution in [0, 0.1) is 11.3 Å². The molecule has 1 aromatic carbocycles. The molecule has 0 saturated carbocycles. The van der Waals surface area contributed by atoms with E-state index in [1.807, 2.05) is 17.5 Å². The molecule has 0 spiro atoms. The van der Waals surface area contributed by atoms with Crippen molar-refractivity contribution in [2.24, 2.45) is 0 Å². The zero-order chi connectivity index (χ0) is 17.6. The largest absolute Gasteiger partial charge is 0.296 e. The lowest BCUT2D eigenvalue weighted by molar-refractivity contribution is 0.220. The van der Waals surface area contributed by atoms with E-state index in [2.05, 4.69) is 28.8 Å². The lowest BCUT2D eigenvalue weighted by atomic mass is 10.1. The first-order valence-electron chi connectivity index (χ1n) is 7.77. The third kappa shape index (κ3) is 4.42. The molecule has 0 bridgehead atoms. The van der Waals surface area contributed by atoms with E-state index in [-0.39, 0.29) is 10.9 Å². The fraction of sp³-hybridized carbons (Fsp3) is 0.353. The Bertz CT molecular complexity index is 774. The Hall–Kier alpha value is -1.72. The Kier molecular flexibility index (Phi) is 6.52. The summed E-state index contributed by atoms with van der Waals surface area (Å²) < 4.78 is 27.7. The van der Waals surface area contributed by atoms with Gasteiger partial charge in [0.25, 0.3) is 0 Å². The van der Waals surface area contributed by atoms with Gasteiger partial charge in [-0.25, -0.2) is 13.1 Å². The maximum Gasteiger partial charge on any atom is 0.240 e. The van der Waals surface area contributed by atoms with Crippen molar-refractivity contribution < 1.29 is 8.42 Å². The Morgan fingerprint density at radius 3 is 2.38 bits per heavy atom. The summed E-state index contributed by atoms with van der Waals surface area (Å²) in [6.45, 7) is 6.13. The molecule has 0 saturated heterocycles. The monoisotopic (exact) mass is 363 g/mol. The molecular weight excluding hydrogens is 342 g/mol. The van der Waals surface area contributed by atoms with Gasteiger partial charge in [-0.3, -0.25) is 4.90 Å². The minimum Gasteiger partial charge on any atom is -0.296 e. The standard InChI is InChI=1S/C17H21N3O2S2/c1-3-20(4-2)17(15-9-10-23-13-15)12-19-24(21,22)16-7-5-14(11-18)6-8-16/h5-10,13,17,19H,3-4,12H2,1-2H3/t17-/m1/s1. The van der Waals surface area contributed by atoms with Crippen molar-refractivity contribution in [3.8, 4) is 6.07 Å². The number of nitriles is 1. The highest BCUT2D eigenvalue weighted by molar-refractivity contribution is 7.89. The lowest BCUT2D eigenvalue weighted by Gasteiger charge is -2.29. The van der Waals surface area contributed by atoms with Gasteiger partial charge >= 0.3 is 0 Å². The fourth-order valence-electron chi connectivity index (χ4n) is 2.57. The van der Waals surface area contributed by atoms with Crippen LogP contribution in [0.15, 0.2) is 46.0 Å². The second kappa shape index (κ2) is 8.40. The van der Waals surface area contributed by atoms with Crippen LogP contribution in [-0.4, -0.2) is 33.0 Å². The van der Waals surface area contributed by atoms with E-state index >= 15 is 0 Å². The van der Waals surface area contributed by atoms with Crippen molar-refractivity contribution in [1.29, 1.82) is 5.26 Å². The van der Waals surface area contributed by atoms with E-state index in [0.29, 0.717) is 12.1 Å². The third-order valence-corrected chi connectivity index (χ3v) is 6.08. The molecular formula is C17H21N3O2S2. The Morgan fingerprint density at radius 2 is 1.88 bits per heavy atom. The predicted molar refractivity (Wildman–Crippen MR) is 96.3 cm³/mol. The molecule has 2 aromatic rings. The summed E-state index contributed by atoms with van der Waals surface area (Å²) in [4.78, 5) is 2.40. The predicted octanol–water partition coefficient (Wildman–Crippen LogP) is 2.98. The highest BCUT2D eigenvalue weighted by Gasteiger charge is 2.22. The molecule has 1 aromatic heterocycles. The molecule has 0 radical (unpaired) electrons. The van der Waals surface area contributed by atoms with Gasteiger partial charge in [0.2, 0.25) is 10.0 Å². The number of benzene rings is 1. The number of nitrogens with zero attached hydrogens (tertiary/aromatic N) is 2. The zero-order valence-corrected chi connectivity index (χ0v) is 15.4. The van der Waals surface area contributed by atoms with Crippen LogP contribution in [-0.2, 0) is 10.0 Å². The van der Waals surface area contributed by atoms with Gasteiger partial charge in [-0.1, -0.05) is 13.8 Å². The third-order valence-electron chi connectivity index (χ3n) is 3.94. The van der Waals surface area contributed by atoms with Crippen LogP contribution in [0.3, 0.4) is 0 Å². The molecule has 1 atom stereocenters. The minimum absolute atomic E-state index is 0.000549. The SMILES string of the molecule is CCN(CC)[C@H](CNS(=O)(=O)c1ccc(C#N)cc1)c1ccsc1. The molecule has 0 unspecified atom stereocenters. The van der Waals surface area contributed by atoms with Crippen molar-refractivity contribution in [3.05, 3.63) is 52.2 Å². The quantitative estimate of drug-likeness (QED) is 0.782. The first-order valence-corrected chi connectivity index (χ1v) is 10.2. The second-order valence-corrected chi connectivity index (χ2v) is 7.83. The summed E-state index contributed by atoms with van der Waals surface area (Å²) in [5.74, 6) is 0. The second-order valence-electron chi connectivity index (χ2n) is 5.28. The molecule has 128 valence electrons. The number of thiophene rings is 1. The first-order chi connectivity index (χ1) is 11.5. The van der Waals surface area contributed by atoms with Gasteiger partial charge in [0.05, 0.1) is 16.5 Å². The maximum absolute atomic E-state index is 12.5. The highest BCUT2D eigenvalue weighted by Crippen LogP contribution is 2.23. The lowest BCUT2D eigenvalue weighted by Crippen LogP contribution is -2.37. The summed E-state index contributed by atoms with van der Waals surface area (Å²) in [5, 5.41) is 12.9. The summed E-state index contributed by atoms with van der Waals surface area (Å²) in [7, 11) is -3.60. The highest BCUT2D eigenvalue weighted by atomic mass is 32.2. The molecule has 1 N–H and O–H groups in total. The van der Waals surface area contributed by atoms with Crippen molar-refractivity contribution in [1.82, 2.24) is 9.62 Å². The Balaban J connectivity index is 2.16. The summed E-state index contributed by atoms with van der Waals surface area (Å²) in [5.41, 5.74) is 1.56. The van der Waals surface area contributed by atoms with Crippen LogP contribution in [0.2, 0.25) is 0 Å². The van der Waals surface area contributed by atoms with Crippen LogP contribution in [0.4, 0.5) is 0 Å². The van der Waals surface area contributed by atoms with Crippen molar-refractivity contribution in [3.63, 3.8) is 0 Å². The van der Waals surface area contributed by atoms with Crippen molar-refractivity contribution in [2.75, 3.05) is 19.6 Å². The average Bonchev–Trinajstić information content (AvgIpc) is 3.13. The van der Waals surface area contributed by atoms with Crippen LogP contribution in [0.25, 0.3) is 0 Å².